The third-order valence-corrected chi connectivity index (χ3v) is 7.29. The minimum absolute atomic E-state index is 0.00794. The summed E-state index contributed by atoms with van der Waals surface area (Å²) in [6.45, 7) is 6.36. The summed E-state index contributed by atoms with van der Waals surface area (Å²) in [7, 11) is 1.89. The van der Waals surface area contributed by atoms with Crippen molar-refractivity contribution in [2.75, 3.05) is 39.8 Å². The largest absolute Gasteiger partial charge is 0.492 e. The zero-order valence-electron chi connectivity index (χ0n) is 20.5. The van der Waals surface area contributed by atoms with Gasteiger partial charge in [0.25, 0.3) is 5.91 Å². The molecule has 0 radical (unpaired) electrons. The van der Waals surface area contributed by atoms with Crippen LogP contribution in [0.3, 0.4) is 0 Å². The zero-order valence-corrected chi connectivity index (χ0v) is 20.5. The van der Waals surface area contributed by atoms with E-state index < -0.39 is 0 Å². The van der Waals surface area contributed by atoms with E-state index in [2.05, 4.69) is 35.2 Å². The number of amides is 2. The summed E-state index contributed by atoms with van der Waals surface area (Å²) in [5.41, 5.74) is 1.95. The molecule has 2 aromatic carbocycles. The molecule has 2 atom stereocenters. The van der Waals surface area contributed by atoms with Gasteiger partial charge < -0.3 is 14.5 Å². The van der Waals surface area contributed by atoms with Gasteiger partial charge in [-0.2, -0.15) is 0 Å². The van der Waals surface area contributed by atoms with E-state index in [1.807, 2.05) is 41.1 Å². The Hall–Kier alpha value is -2.86. The van der Waals surface area contributed by atoms with Gasteiger partial charge in [-0.15, -0.1) is 0 Å². The summed E-state index contributed by atoms with van der Waals surface area (Å²) in [4.78, 5) is 31.7. The van der Waals surface area contributed by atoms with Crippen LogP contribution < -0.4 is 4.74 Å². The molecule has 34 heavy (non-hydrogen) atoms. The number of rotatable bonds is 2. The first-order valence-corrected chi connectivity index (χ1v) is 12.5. The molecule has 2 aliphatic heterocycles. The first-order valence-electron chi connectivity index (χ1n) is 12.5. The van der Waals surface area contributed by atoms with Crippen LogP contribution in [0.2, 0.25) is 0 Å². The second-order valence-electron chi connectivity index (χ2n) is 9.63. The molecule has 4 rings (SSSR count). The molecule has 2 amide bonds. The lowest BCUT2D eigenvalue weighted by molar-refractivity contribution is -0.131. The van der Waals surface area contributed by atoms with E-state index in [0.717, 1.165) is 57.6 Å². The van der Waals surface area contributed by atoms with Crippen LogP contribution in [0.25, 0.3) is 0 Å². The molecule has 6 heteroatoms. The number of hydrogen-bond acceptors (Lipinski definition) is 4. The standard InChI is InChI=1S/C28H37N3O3/c1-22(32)31-16-14-24-11-6-7-15-30(20-23-9-4-3-5-10-23)17-18-34-26-13-8-12-25(19-26)28(33)29(2)27(24)21-31/h3-5,8-10,12-13,19,24,27H,6-7,11,14-18,20-21H2,1-2H3/t24-,27+/m1/s1. The predicted octanol–water partition coefficient (Wildman–Crippen LogP) is 4.06. The maximum Gasteiger partial charge on any atom is 0.254 e. The van der Waals surface area contributed by atoms with Crippen LogP contribution in [-0.2, 0) is 11.3 Å². The number of ether oxygens (including phenoxy) is 1. The second-order valence-corrected chi connectivity index (χ2v) is 9.63. The summed E-state index contributed by atoms with van der Waals surface area (Å²) in [6, 6.07) is 18.1. The Kier molecular flexibility index (Phi) is 8.22. The van der Waals surface area contributed by atoms with Crippen LogP contribution in [0.1, 0.15) is 48.5 Å². The van der Waals surface area contributed by atoms with E-state index in [1.54, 1.807) is 6.92 Å². The van der Waals surface area contributed by atoms with Crippen LogP contribution in [0.5, 0.6) is 5.75 Å². The molecule has 0 unspecified atom stereocenters. The molecule has 2 aliphatic rings. The molecule has 2 heterocycles. The fourth-order valence-electron chi connectivity index (χ4n) is 5.26. The zero-order chi connectivity index (χ0) is 23.9. The molecule has 1 saturated heterocycles. The van der Waals surface area contributed by atoms with Gasteiger partial charge in [0.15, 0.2) is 0 Å². The lowest BCUT2D eigenvalue weighted by atomic mass is 9.86. The predicted molar refractivity (Wildman–Crippen MR) is 134 cm³/mol. The fraction of sp³-hybridized carbons (Fsp3) is 0.500. The van der Waals surface area contributed by atoms with Crippen LogP contribution in [0.4, 0.5) is 0 Å². The Balaban J connectivity index is 1.54. The molecule has 0 saturated carbocycles. The average Bonchev–Trinajstić information content (AvgIpc) is 2.86. The van der Waals surface area contributed by atoms with Gasteiger partial charge in [-0.05, 0) is 55.5 Å². The van der Waals surface area contributed by atoms with E-state index >= 15 is 0 Å². The molecule has 0 aliphatic carbocycles. The quantitative estimate of drug-likeness (QED) is 0.674. The molecule has 0 N–H and O–H groups in total. The van der Waals surface area contributed by atoms with Crippen molar-refractivity contribution in [1.29, 1.82) is 0 Å². The molecule has 0 spiro atoms. The highest BCUT2D eigenvalue weighted by Crippen LogP contribution is 2.28. The third-order valence-electron chi connectivity index (χ3n) is 7.29. The van der Waals surface area contributed by atoms with Gasteiger partial charge in [-0.1, -0.05) is 42.8 Å². The van der Waals surface area contributed by atoms with E-state index in [0.29, 0.717) is 24.6 Å². The summed E-state index contributed by atoms with van der Waals surface area (Å²) >= 11 is 0. The van der Waals surface area contributed by atoms with Gasteiger partial charge in [0.1, 0.15) is 12.4 Å². The second kappa shape index (κ2) is 11.5. The van der Waals surface area contributed by atoms with E-state index in [-0.39, 0.29) is 17.9 Å². The first-order chi connectivity index (χ1) is 16.5. The van der Waals surface area contributed by atoms with Crippen molar-refractivity contribution in [1.82, 2.24) is 14.7 Å². The highest BCUT2D eigenvalue weighted by molar-refractivity contribution is 5.94. The summed E-state index contributed by atoms with van der Waals surface area (Å²) < 4.78 is 6.06. The summed E-state index contributed by atoms with van der Waals surface area (Å²) in [6.07, 6.45) is 4.24. The maximum absolute atomic E-state index is 13.4. The minimum atomic E-state index is -0.00794. The number of likely N-dealkylation sites (N-methyl/N-ethyl adjacent to an activating group) is 1. The third kappa shape index (κ3) is 6.17. The monoisotopic (exact) mass is 463 g/mol. The van der Waals surface area contributed by atoms with E-state index in [4.69, 9.17) is 4.74 Å². The Morgan fingerprint density at radius 2 is 1.82 bits per heavy atom. The number of piperidine rings is 1. The van der Waals surface area contributed by atoms with Gasteiger partial charge in [0, 0.05) is 45.7 Å². The van der Waals surface area contributed by atoms with Gasteiger partial charge >= 0.3 is 0 Å². The molecule has 182 valence electrons. The molecule has 2 bridgehead atoms. The average molecular weight is 464 g/mol. The minimum Gasteiger partial charge on any atom is -0.492 e. The van der Waals surface area contributed by atoms with Gasteiger partial charge in [-0.25, -0.2) is 0 Å². The lowest BCUT2D eigenvalue weighted by Gasteiger charge is -2.43. The first kappa shape index (κ1) is 24.3. The topological polar surface area (TPSA) is 53.1 Å². The Labute approximate surface area is 203 Å². The van der Waals surface area contributed by atoms with Gasteiger partial charge in [0.05, 0.1) is 6.04 Å². The molecule has 2 aromatic rings. The maximum atomic E-state index is 13.4. The summed E-state index contributed by atoms with van der Waals surface area (Å²) in [5.74, 6) is 1.20. The Bertz CT molecular complexity index is 964. The van der Waals surface area contributed by atoms with Crippen LogP contribution in [-0.4, -0.2) is 72.4 Å². The molecular weight excluding hydrogens is 426 g/mol. The van der Waals surface area contributed by atoms with Crippen molar-refractivity contribution in [3.63, 3.8) is 0 Å². The number of likely N-dealkylation sites (tertiary alicyclic amines) is 1. The van der Waals surface area contributed by atoms with E-state index in [1.165, 1.54) is 5.56 Å². The van der Waals surface area contributed by atoms with Gasteiger partial charge in [0.2, 0.25) is 5.91 Å². The van der Waals surface area contributed by atoms with Crippen molar-refractivity contribution < 1.29 is 14.3 Å². The Morgan fingerprint density at radius 3 is 2.62 bits per heavy atom. The number of carbonyl (C=O) groups is 2. The van der Waals surface area contributed by atoms with Crippen molar-refractivity contribution in [2.45, 2.75) is 45.2 Å². The highest BCUT2D eigenvalue weighted by atomic mass is 16.5. The number of carbonyl (C=O) groups excluding carboxylic acids is 2. The lowest BCUT2D eigenvalue weighted by Crippen LogP contribution is -2.54. The van der Waals surface area contributed by atoms with E-state index in [9.17, 15) is 9.59 Å². The van der Waals surface area contributed by atoms with Crippen LogP contribution >= 0.6 is 0 Å². The van der Waals surface area contributed by atoms with Crippen molar-refractivity contribution in [3.8, 4) is 5.75 Å². The normalized spacial score (nSPS) is 22.8. The van der Waals surface area contributed by atoms with Crippen molar-refractivity contribution in [2.24, 2.45) is 5.92 Å². The van der Waals surface area contributed by atoms with Gasteiger partial charge in [-0.3, -0.25) is 14.5 Å². The summed E-state index contributed by atoms with van der Waals surface area (Å²) in [5, 5.41) is 0. The molecule has 0 aromatic heterocycles. The van der Waals surface area contributed by atoms with Crippen LogP contribution in [0, 0.1) is 5.92 Å². The SMILES string of the molecule is CC(=O)N1CC[C@H]2CCCCN(Cc3ccccc3)CCOc3cccc(c3)C(=O)N(C)[C@H]2C1. The number of nitrogens with zero attached hydrogens (tertiary/aromatic N) is 3. The number of benzene rings is 2. The van der Waals surface area contributed by atoms with Crippen molar-refractivity contribution in [3.05, 3.63) is 65.7 Å². The number of hydrogen-bond donors (Lipinski definition) is 0. The molecule has 6 nitrogen and oxygen atoms in total. The smallest absolute Gasteiger partial charge is 0.254 e. The van der Waals surface area contributed by atoms with Crippen LogP contribution in [0.15, 0.2) is 54.6 Å². The highest BCUT2D eigenvalue weighted by Gasteiger charge is 2.35. The fourth-order valence-corrected chi connectivity index (χ4v) is 5.26. The Morgan fingerprint density at radius 1 is 1.00 bits per heavy atom. The molecule has 1 fully saturated rings. The van der Waals surface area contributed by atoms with Crippen molar-refractivity contribution >= 4 is 11.8 Å². The molecular formula is C28H37N3O3. The number of fused-ring (bicyclic) bond motifs is 3.